The van der Waals surface area contributed by atoms with E-state index in [1.165, 1.54) is 11.3 Å². The number of nitrogens with zero attached hydrogens (tertiary/aromatic N) is 3. The topological polar surface area (TPSA) is 63.0 Å². The number of thiazole rings is 1. The predicted molar refractivity (Wildman–Crippen MR) is 91.8 cm³/mol. The lowest BCUT2D eigenvalue weighted by atomic mass is 10.2. The Morgan fingerprint density at radius 1 is 1.22 bits per heavy atom. The Balaban J connectivity index is 2.09. The van der Waals surface area contributed by atoms with Crippen molar-refractivity contribution in [1.29, 1.82) is 0 Å². The summed E-state index contributed by atoms with van der Waals surface area (Å²) in [5, 5.41) is 16.3. The van der Waals surface area contributed by atoms with Crippen LogP contribution < -0.4 is 4.80 Å². The van der Waals surface area contributed by atoms with Crippen LogP contribution in [0.3, 0.4) is 0 Å². The van der Waals surface area contributed by atoms with Gasteiger partial charge in [0.2, 0.25) is 4.80 Å². The third kappa shape index (κ3) is 3.43. The highest BCUT2D eigenvalue weighted by atomic mass is 32.1. The molecule has 23 heavy (non-hydrogen) atoms. The van der Waals surface area contributed by atoms with Gasteiger partial charge in [-0.2, -0.15) is 5.10 Å². The van der Waals surface area contributed by atoms with E-state index < -0.39 is 0 Å². The van der Waals surface area contributed by atoms with Crippen molar-refractivity contribution in [1.82, 2.24) is 4.68 Å². The van der Waals surface area contributed by atoms with Gasteiger partial charge in [0.25, 0.3) is 0 Å². The lowest BCUT2D eigenvalue weighted by Crippen LogP contribution is -2.14. The van der Waals surface area contributed by atoms with Crippen LogP contribution in [-0.2, 0) is 0 Å². The minimum atomic E-state index is 0.157. The van der Waals surface area contributed by atoms with Crippen LogP contribution in [0.25, 0.3) is 11.5 Å². The fourth-order valence-electron chi connectivity index (χ4n) is 2.03. The van der Waals surface area contributed by atoms with Crippen LogP contribution in [0.4, 0.5) is 0 Å². The van der Waals surface area contributed by atoms with Gasteiger partial charge in [-0.3, -0.25) is 4.99 Å². The molecule has 1 aromatic carbocycles. The third-order valence-electron chi connectivity index (χ3n) is 3.08. The average Bonchev–Trinajstić information content (AvgIpc) is 3.15. The summed E-state index contributed by atoms with van der Waals surface area (Å²) in [6.07, 6.45) is 3.25. The van der Waals surface area contributed by atoms with Crippen molar-refractivity contribution in [2.45, 2.75) is 19.9 Å². The van der Waals surface area contributed by atoms with Gasteiger partial charge in [-0.15, -0.1) is 11.3 Å². The minimum Gasteiger partial charge on any atom is -0.507 e. The van der Waals surface area contributed by atoms with Crippen molar-refractivity contribution in [2.75, 3.05) is 0 Å². The second-order valence-corrected chi connectivity index (χ2v) is 6.06. The van der Waals surface area contributed by atoms with E-state index in [4.69, 9.17) is 4.42 Å². The third-order valence-corrected chi connectivity index (χ3v) is 3.91. The molecule has 0 aliphatic heterocycles. The largest absolute Gasteiger partial charge is 0.507 e. The molecule has 0 spiro atoms. The Morgan fingerprint density at radius 2 is 2.04 bits per heavy atom. The Morgan fingerprint density at radius 3 is 2.74 bits per heavy atom. The van der Waals surface area contributed by atoms with E-state index in [1.54, 1.807) is 35.4 Å². The van der Waals surface area contributed by atoms with Crippen LogP contribution in [0, 0.1) is 0 Å². The molecule has 0 saturated carbocycles. The molecule has 0 atom stereocenters. The van der Waals surface area contributed by atoms with Crippen LogP contribution in [0.15, 0.2) is 62.6 Å². The molecular weight excluding hydrogens is 310 g/mol. The predicted octanol–water partition coefficient (Wildman–Crippen LogP) is 3.71. The SMILES string of the molecule is CC(C)N=c1scc(-c2ccco2)n1/N=C/c1ccccc1O. The van der Waals surface area contributed by atoms with E-state index in [9.17, 15) is 5.11 Å². The molecular formula is C17H17N3O2S. The molecule has 0 radical (unpaired) electrons. The van der Waals surface area contributed by atoms with Gasteiger partial charge in [-0.1, -0.05) is 12.1 Å². The molecule has 2 heterocycles. The lowest BCUT2D eigenvalue weighted by Gasteiger charge is -2.02. The summed E-state index contributed by atoms with van der Waals surface area (Å²) >= 11 is 1.50. The highest BCUT2D eigenvalue weighted by Crippen LogP contribution is 2.21. The summed E-state index contributed by atoms with van der Waals surface area (Å²) in [7, 11) is 0. The monoisotopic (exact) mass is 327 g/mol. The molecule has 0 aliphatic carbocycles. The number of para-hydroxylation sites is 1. The summed E-state index contributed by atoms with van der Waals surface area (Å²) in [4.78, 5) is 5.36. The van der Waals surface area contributed by atoms with Crippen LogP contribution in [0.5, 0.6) is 5.75 Å². The first-order valence-electron chi connectivity index (χ1n) is 7.26. The molecule has 6 heteroatoms. The highest BCUT2D eigenvalue weighted by Gasteiger charge is 2.10. The summed E-state index contributed by atoms with van der Waals surface area (Å²) in [5.74, 6) is 0.912. The average molecular weight is 327 g/mol. The highest BCUT2D eigenvalue weighted by molar-refractivity contribution is 7.07. The molecule has 118 valence electrons. The van der Waals surface area contributed by atoms with Gasteiger partial charge in [-0.05, 0) is 38.1 Å². The Hall–Kier alpha value is -2.60. The molecule has 1 N–H and O–H groups in total. The van der Waals surface area contributed by atoms with Crippen LogP contribution in [0.2, 0.25) is 0 Å². The van der Waals surface area contributed by atoms with Gasteiger partial charge >= 0.3 is 0 Å². The Kier molecular flexibility index (Phi) is 4.43. The summed E-state index contributed by atoms with van der Waals surface area (Å²) in [6, 6.07) is 10.9. The quantitative estimate of drug-likeness (QED) is 0.743. The number of aromatic nitrogens is 1. The van der Waals surface area contributed by atoms with Gasteiger partial charge in [0.05, 0.1) is 12.5 Å². The summed E-state index contributed by atoms with van der Waals surface area (Å²) in [5.41, 5.74) is 1.47. The van der Waals surface area contributed by atoms with E-state index in [1.807, 2.05) is 37.4 Å². The first kappa shape index (κ1) is 15.3. The second kappa shape index (κ2) is 6.66. The number of aromatic hydroxyl groups is 1. The van der Waals surface area contributed by atoms with E-state index in [0.717, 1.165) is 16.3 Å². The normalized spacial score (nSPS) is 12.6. The smallest absolute Gasteiger partial charge is 0.206 e. The Bertz CT molecular complexity index is 873. The molecule has 2 aromatic heterocycles. The van der Waals surface area contributed by atoms with Crippen molar-refractivity contribution >= 4 is 17.6 Å². The zero-order valence-electron chi connectivity index (χ0n) is 12.9. The Labute approximate surface area is 137 Å². The van der Waals surface area contributed by atoms with E-state index in [2.05, 4.69) is 10.1 Å². The molecule has 5 nitrogen and oxygen atoms in total. The molecule has 0 saturated heterocycles. The summed E-state index contributed by atoms with van der Waals surface area (Å²) in [6.45, 7) is 4.03. The number of phenolic OH excluding ortho intramolecular Hbond substituents is 1. The molecule has 3 aromatic rings. The van der Waals surface area contributed by atoms with Crippen molar-refractivity contribution < 1.29 is 9.52 Å². The lowest BCUT2D eigenvalue weighted by molar-refractivity contribution is 0.474. The maximum absolute atomic E-state index is 9.87. The molecule has 3 rings (SSSR count). The van der Waals surface area contributed by atoms with Gasteiger partial charge < -0.3 is 9.52 Å². The van der Waals surface area contributed by atoms with Crippen molar-refractivity contribution in [3.05, 3.63) is 58.4 Å². The van der Waals surface area contributed by atoms with Crippen LogP contribution >= 0.6 is 11.3 Å². The van der Waals surface area contributed by atoms with Crippen molar-refractivity contribution in [3.8, 4) is 17.2 Å². The number of rotatable bonds is 4. The molecule has 0 amide bonds. The minimum absolute atomic E-state index is 0.157. The number of furan rings is 1. The number of hydrogen-bond donors (Lipinski definition) is 1. The maximum Gasteiger partial charge on any atom is 0.206 e. The number of benzene rings is 1. The molecule has 0 bridgehead atoms. The van der Waals surface area contributed by atoms with E-state index in [-0.39, 0.29) is 11.8 Å². The van der Waals surface area contributed by atoms with Gasteiger partial charge in [0.15, 0.2) is 5.76 Å². The van der Waals surface area contributed by atoms with Crippen LogP contribution in [-0.4, -0.2) is 22.0 Å². The fourth-order valence-corrected chi connectivity index (χ4v) is 2.98. The molecule has 0 aliphatic rings. The van der Waals surface area contributed by atoms with Crippen molar-refractivity contribution in [3.63, 3.8) is 0 Å². The first-order chi connectivity index (χ1) is 11.1. The van der Waals surface area contributed by atoms with E-state index >= 15 is 0 Å². The zero-order valence-corrected chi connectivity index (χ0v) is 13.7. The van der Waals surface area contributed by atoms with Crippen molar-refractivity contribution in [2.24, 2.45) is 10.1 Å². The molecule has 0 unspecified atom stereocenters. The standard InChI is InChI=1S/C17H17N3O2S/c1-12(2)19-17-20(14(11-23-17)16-8-5-9-22-16)18-10-13-6-3-4-7-15(13)21/h3-12,21H,1-2H3/b18-10+,19-17?. The number of hydrogen-bond acceptors (Lipinski definition) is 5. The van der Waals surface area contributed by atoms with Gasteiger partial charge in [0, 0.05) is 17.0 Å². The maximum atomic E-state index is 9.87. The van der Waals surface area contributed by atoms with Crippen LogP contribution in [0.1, 0.15) is 19.4 Å². The first-order valence-corrected chi connectivity index (χ1v) is 8.13. The van der Waals surface area contributed by atoms with Gasteiger partial charge in [-0.25, -0.2) is 4.68 Å². The second-order valence-electron chi connectivity index (χ2n) is 5.22. The van der Waals surface area contributed by atoms with E-state index in [0.29, 0.717) is 5.56 Å². The molecule has 0 fully saturated rings. The zero-order chi connectivity index (χ0) is 16.2. The van der Waals surface area contributed by atoms with Gasteiger partial charge in [0.1, 0.15) is 11.4 Å². The fraction of sp³-hybridized carbons (Fsp3) is 0.176. The number of phenols is 1. The summed E-state index contributed by atoms with van der Waals surface area (Å²) < 4.78 is 7.21.